The highest BCUT2D eigenvalue weighted by Gasteiger charge is 2.31. The van der Waals surface area contributed by atoms with Crippen molar-refractivity contribution in [3.05, 3.63) is 35.9 Å². The molecule has 1 aliphatic heterocycles. The molecule has 4 nitrogen and oxygen atoms in total. The van der Waals surface area contributed by atoms with Gasteiger partial charge in [-0.1, -0.05) is 43.7 Å². The molecule has 1 fully saturated rings. The van der Waals surface area contributed by atoms with Gasteiger partial charge in [-0.3, -0.25) is 9.69 Å². The van der Waals surface area contributed by atoms with Crippen LogP contribution in [-0.4, -0.2) is 42.0 Å². The van der Waals surface area contributed by atoms with Crippen molar-refractivity contribution in [3.8, 4) is 0 Å². The first-order valence-corrected chi connectivity index (χ1v) is 9.24. The van der Waals surface area contributed by atoms with Crippen LogP contribution >= 0.6 is 0 Å². The number of piperidine rings is 1. The van der Waals surface area contributed by atoms with Gasteiger partial charge >= 0.3 is 0 Å². The van der Waals surface area contributed by atoms with Gasteiger partial charge in [0.25, 0.3) is 0 Å². The van der Waals surface area contributed by atoms with E-state index in [1.54, 1.807) is 0 Å². The summed E-state index contributed by atoms with van der Waals surface area (Å²) in [5.74, 6) is 0.727. The Morgan fingerprint density at radius 3 is 2.75 bits per heavy atom. The molecule has 2 unspecified atom stereocenters. The van der Waals surface area contributed by atoms with Crippen molar-refractivity contribution < 1.29 is 4.79 Å². The van der Waals surface area contributed by atoms with Crippen molar-refractivity contribution >= 4 is 5.91 Å². The summed E-state index contributed by atoms with van der Waals surface area (Å²) in [4.78, 5) is 14.9. The fraction of sp³-hybridized carbons (Fsp3) is 0.650. The molecule has 1 aromatic rings. The maximum absolute atomic E-state index is 12.3. The number of amides is 1. The summed E-state index contributed by atoms with van der Waals surface area (Å²) in [6.45, 7) is 9.60. The van der Waals surface area contributed by atoms with Gasteiger partial charge in [-0.05, 0) is 51.1 Å². The van der Waals surface area contributed by atoms with Crippen LogP contribution in [0.4, 0.5) is 0 Å². The molecular formula is C20H33N3O. The predicted octanol–water partition coefficient (Wildman–Crippen LogP) is 2.57. The van der Waals surface area contributed by atoms with Crippen LogP contribution in [0.3, 0.4) is 0 Å². The summed E-state index contributed by atoms with van der Waals surface area (Å²) in [5, 5.41) is 3.07. The molecule has 3 N–H and O–H groups in total. The number of nitrogens with two attached hydrogens (primary N) is 1. The predicted molar refractivity (Wildman–Crippen MR) is 99.8 cm³/mol. The first-order chi connectivity index (χ1) is 11.4. The Balaban J connectivity index is 1.83. The number of hydrogen-bond acceptors (Lipinski definition) is 3. The number of nitrogens with zero attached hydrogens (tertiary/aromatic N) is 1. The van der Waals surface area contributed by atoms with Crippen LogP contribution in [0.2, 0.25) is 0 Å². The van der Waals surface area contributed by atoms with Crippen LogP contribution < -0.4 is 11.1 Å². The minimum atomic E-state index is -0.493. The van der Waals surface area contributed by atoms with Crippen LogP contribution in [-0.2, 0) is 11.2 Å². The molecule has 0 saturated carbocycles. The molecule has 0 aliphatic carbocycles. The molecule has 1 aliphatic rings. The van der Waals surface area contributed by atoms with Gasteiger partial charge in [0.05, 0.1) is 6.04 Å². The summed E-state index contributed by atoms with van der Waals surface area (Å²) < 4.78 is 0. The normalized spacial score (nSPS) is 20.6. The quantitative estimate of drug-likeness (QED) is 0.807. The van der Waals surface area contributed by atoms with Crippen molar-refractivity contribution in [1.82, 2.24) is 10.2 Å². The second-order valence-electron chi connectivity index (χ2n) is 7.69. The fourth-order valence-corrected chi connectivity index (χ4v) is 3.46. The number of likely N-dealkylation sites (tertiary alicyclic amines) is 1. The van der Waals surface area contributed by atoms with Gasteiger partial charge in [-0.15, -0.1) is 0 Å². The summed E-state index contributed by atoms with van der Waals surface area (Å²) in [6.07, 6.45) is 4.40. The van der Waals surface area contributed by atoms with E-state index >= 15 is 0 Å². The molecule has 1 aromatic carbocycles. The highest BCUT2D eigenvalue weighted by Crippen LogP contribution is 2.25. The lowest BCUT2D eigenvalue weighted by molar-refractivity contribution is -0.123. The minimum Gasteiger partial charge on any atom is -0.353 e. The number of carbonyl (C=O) groups is 1. The summed E-state index contributed by atoms with van der Waals surface area (Å²) in [7, 11) is 0. The molecule has 1 heterocycles. The largest absolute Gasteiger partial charge is 0.353 e. The van der Waals surface area contributed by atoms with Crippen LogP contribution in [0.1, 0.15) is 45.6 Å². The number of nitrogens with one attached hydrogen (secondary N) is 1. The van der Waals surface area contributed by atoms with Crippen LogP contribution in [0.15, 0.2) is 30.3 Å². The third-order valence-corrected chi connectivity index (χ3v) is 5.28. The Hall–Kier alpha value is -1.39. The van der Waals surface area contributed by atoms with Crippen LogP contribution in [0.5, 0.6) is 0 Å². The third kappa shape index (κ3) is 5.32. The lowest BCUT2D eigenvalue weighted by Crippen LogP contribution is -2.56. The lowest BCUT2D eigenvalue weighted by atomic mass is 9.91. The van der Waals surface area contributed by atoms with Gasteiger partial charge in [0.1, 0.15) is 0 Å². The number of carbonyl (C=O) groups excluding carboxylic acids is 1. The second-order valence-corrected chi connectivity index (χ2v) is 7.69. The summed E-state index contributed by atoms with van der Waals surface area (Å²) in [5.41, 5.74) is 7.14. The van der Waals surface area contributed by atoms with Gasteiger partial charge < -0.3 is 11.1 Å². The van der Waals surface area contributed by atoms with Gasteiger partial charge in [0, 0.05) is 18.6 Å². The third-order valence-electron chi connectivity index (χ3n) is 5.28. The highest BCUT2D eigenvalue weighted by molar-refractivity contribution is 5.81. The Bertz CT molecular complexity index is 515. The van der Waals surface area contributed by atoms with Gasteiger partial charge in [0.15, 0.2) is 0 Å². The summed E-state index contributed by atoms with van der Waals surface area (Å²) in [6, 6.07) is 9.45. The molecule has 24 heavy (non-hydrogen) atoms. The molecule has 2 atom stereocenters. The maximum atomic E-state index is 12.3. The van der Waals surface area contributed by atoms with Crippen LogP contribution in [0, 0.1) is 5.92 Å². The smallest absolute Gasteiger partial charge is 0.237 e. The Morgan fingerprint density at radius 1 is 1.38 bits per heavy atom. The zero-order valence-electron chi connectivity index (χ0n) is 15.4. The maximum Gasteiger partial charge on any atom is 0.237 e. The summed E-state index contributed by atoms with van der Waals surface area (Å²) >= 11 is 0. The van der Waals surface area contributed by atoms with Gasteiger partial charge in [0.2, 0.25) is 5.91 Å². The average Bonchev–Trinajstić information content (AvgIpc) is 2.60. The van der Waals surface area contributed by atoms with Crippen molar-refractivity contribution in [2.45, 2.75) is 58.0 Å². The van der Waals surface area contributed by atoms with E-state index < -0.39 is 6.04 Å². The van der Waals surface area contributed by atoms with Crippen molar-refractivity contribution in [2.75, 3.05) is 19.6 Å². The average molecular weight is 332 g/mol. The topological polar surface area (TPSA) is 58.4 Å². The molecule has 1 amide bonds. The molecule has 1 saturated heterocycles. The Kier molecular flexibility index (Phi) is 6.81. The Morgan fingerprint density at radius 2 is 2.08 bits per heavy atom. The van der Waals surface area contributed by atoms with E-state index in [0.29, 0.717) is 13.0 Å². The zero-order chi connectivity index (χ0) is 17.6. The van der Waals surface area contributed by atoms with E-state index in [1.807, 2.05) is 30.3 Å². The minimum absolute atomic E-state index is 0.0318. The first kappa shape index (κ1) is 18.9. The van der Waals surface area contributed by atoms with Gasteiger partial charge in [-0.25, -0.2) is 0 Å². The highest BCUT2D eigenvalue weighted by atomic mass is 16.2. The van der Waals surface area contributed by atoms with Crippen molar-refractivity contribution in [2.24, 2.45) is 11.7 Å². The molecule has 2 rings (SSSR count). The van der Waals surface area contributed by atoms with E-state index in [-0.39, 0.29) is 11.4 Å². The molecular weight excluding hydrogens is 298 g/mol. The van der Waals surface area contributed by atoms with Crippen molar-refractivity contribution in [3.63, 3.8) is 0 Å². The number of benzene rings is 1. The molecule has 4 heteroatoms. The lowest BCUT2D eigenvalue weighted by Gasteiger charge is -2.43. The standard InChI is InChI=1S/C20H33N3O/c1-4-16-11-8-12-23(14-16)20(2,3)15-22-19(24)18(21)13-17-9-6-5-7-10-17/h5-7,9-10,16,18H,4,8,11-15,21H2,1-3H3,(H,22,24). The van der Waals surface area contributed by atoms with Crippen molar-refractivity contribution in [1.29, 1.82) is 0 Å². The SMILES string of the molecule is CCC1CCCN(C(C)(C)CNC(=O)C(N)Cc2ccccc2)C1. The van der Waals surface area contributed by atoms with Gasteiger partial charge in [-0.2, -0.15) is 0 Å². The Labute approximate surface area is 146 Å². The second kappa shape index (κ2) is 8.63. The molecule has 0 radical (unpaired) electrons. The monoisotopic (exact) mass is 331 g/mol. The van der Waals surface area contributed by atoms with E-state index in [4.69, 9.17) is 5.73 Å². The molecule has 0 aromatic heterocycles. The van der Waals surface area contributed by atoms with E-state index in [2.05, 4.69) is 31.0 Å². The van der Waals surface area contributed by atoms with E-state index in [9.17, 15) is 4.79 Å². The van der Waals surface area contributed by atoms with E-state index in [1.165, 1.54) is 19.3 Å². The number of rotatable bonds is 7. The first-order valence-electron chi connectivity index (χ1n) is 9.24. The van der Waals surface area contributed by atoms with Crippen LogP contribution in [0.25, 0.3) is 0 Å². The molecule has 0 bridgehead atoms. The fourth-order valence-electron chi connectivity index (χ4n) is 3.46. The zero-order valence-corrected chi connectivity index (χ0v) is 15.4. The number of hydrogen-bond donors (Lipinski definition) is 2. The molecule has 134 valence electrons. The molecule has 0 spiro atoms. The van der Waals surface area contributed by atoms with E-state index in [0.717, 1.165) is 24.6 Å².